The van der Waals surface area contributed by atoms with Gasteiger partial charge in [-0.3, -0.25) is 14.1 Å². The molecule has 0 aromatic heterocycles. The zero-order valence-corrected chi connectivity index (χ0v) is 26.8. The third kappa shape index (κ3) is 4.89. The van der Waals surface area contributed by atoms with E-state index in [0.717, 1.165) is 18.2 Å². The number of anilines is 1. The molecule has 3 heterocycles. The lowest BCUT2D eigenvalue weighted by atomic mass is 9.78. The molecular formula is C31H29ClF4N3O7S+. The maximum Gasteiger partial charge on any atom is 0.573 e. The van der Waals surface area contributed by atoms with Crippen LogP contribution in [0.25, 0.3) is 0 Å². The van der Waals surface area contributed by atoms with E-state index < -0.39 is 67.6 Å². The number of likely N-dealkylation sites (N-methyl/N-ethyl adjacent to an activating group) is 2. The van der Waals surface area contributed by atoms with Crippen LogP contribution in [0.2, 0.25) is 5.02 Å². The first-order valence-electron chi connectivity index (χ1n) is 14.4. The SMILES string of the molecule is CNC(=O)[C@@H]1C[C@@H](F)C[N+]1(C)C1(c2cccc3c2OCC3)C(=O)N(S(=O)(=O)c2ccc(OC)cc2OC(F)(F)F)c2ccc(Cl)cc21. The summed E-state index contributed by atoms with van der Waals surface area (Å²) in [5.41, 5.74) is -1.58. The fourth-order valence-electron chi connectivity index (χ4n) is 7.24. The van der Waals surface area contributed by atoms with Crippen LogP contribution in [0.3, 0.4) is 0 Å². The molecule has 0 spiro atoms. The predicted molar refractivity (Wildman–Crippen MR) is 161 cm³/mol. The molecule has 2 amide bonds. The number of quaternary nitrogens is 1. The number of carbonyl (C=O) groups is 2. The van der Waals surface area contributed by atoms with Crippen molar-refractivity contribution in [3.8, 4) is 17.2 Å². The average molecular weight is 699 g/mol. The molecule has 3 aliphatic heterocycles. The maximum atomic E-state index is 15.6. The Hall–Kier alpha value is -4.08. The molecule has 1 N–H and O–H groups in total. The summed E-state index contributed by atoms with van der Waals surface area (Å²) < 4.78 is 100. The first-order valence-corrected chi connectivity index (χ1v) is 16.2. The Balaban J connectivity index is 1.70. The van der Waals surface area contributed by atoms with E-state index in [0.29, 0.717) is 16.3 Å². The van der Waals surface area contributed by atoms with Crippen LogP contribution >= 0.6 is 11.6 Å². The molecule has 3 aliphatic rings. The number of benzene rings is 3. The Morgan fingerprint density at radius 1 is 1.15 bits per heavy atom. The van der Waals surface area contributed by atoms with Gasteiger partial charge in [0, 0.05) is 31.0 Å². The van der Waals surface area contributed by atoms with Crippen LogP contribution in [-0.4, -0.2) is 77.6 Å². The van der Waals surface area contributed by atoms with Crippen molar-refractivity contribution in [2.24, 2.45) is 0 Å². The molecule has 16 heteroatoms. The lowest BCUT2D eigenvalue weighted by Crippen LogP contribution is -2.69. The van der Waals surface area contributed by atoms with Crippen molar-refractivity contribution in [3.63, 3.8) is 0 Å². The van der Waals surface area contributed by atoms with Crippen molar-refractivity contribution >= 4 is 39.1 Å². The van der Waals surface area contributed by atoms with E-state index >= 15 is 9.18 Å². The van der Waals surface area contributed by atoms with Crippen molar-refractivity contribution in [1.29, 1.82) is 0 Å². The molecule has 0 saturated carbocycles. The maximum absolute atomic E-state index is 15.6. The zero-order valence-electron chi connectivity index (χ0n) is 25.2. The predicted octanol–water partition coefficient (Wildman–Crippen LogP) is 4.46. The lowest BCUT2D eigenvalue weighted by molar-refractivity contribution is -0.953. The molecule has 0 radical (unpaired) electrons. The minimum absolute atomic E-state index is 0.000204. The highest BCUT2D eigenvalue weighted by Gasteiger charge is 2.72. The third-order valence-electron chi connectivity index (χ3n) is 9.12. The summed E-state index contributed by atoms with van der Waals surface area (Å²) in [6, 6.07) is 10.3. The monoisotopic (exact) mass is 698 g/mol. The van der Waals surface area contributed by atoms with Crippen LogP contribution in [0, 0.1) is 0 Å². The van der Waals surface area contributed by atoms with Gasteiger partial charge in [0.25, 0.3) is 15.9 Å². The lowest BCUT2D eigenvalue weighted by Gasteiger charge is -2.48. The number of nitrogens with one attached hydrogen (secondary N) is 1. The fraction of sp³-hybridized carbons (Fsp3) is 0.355. The van der Waals surface area contributed by atoms with E-state index in [9.17, 15) is 26.4 Å². The van der Waals surface area contributed by atoms with Crippen molar-refractivity contribution in [2.75, 3.05) is 38.7 Å². The molecule has 250 valence electrons. The number of likely N-dealkylation sites (tertiary alicyclic amines) is 1. The number of sulfonamides is 1. The Kier molecular flexibility index (Phi) is 7.88. The van der Waals surface area contributed by atoms with E-state index in [1.165, 1.54) is 39.4 Å². The van der Waals surface area contributed by atoms with Crippen molar-refractivity contribution in [3.05, 3.63) is 76.3 Å². The molecule has 4 atom stereocenters. The van der Waals surface area contributed by atoms with Gasteiger partial charge in [0.1, 0.15) is 22.9 Å². The second-order valence-electron chi connectivity index (χ2n) is 11.6. The number of alkyl halides is 4. The summed E-state index contributed by atoms with van der Waals surface area (Å²) in [6.07, 6.45) is -6.75. The molecular weight excluding hydrogens is 670 g/mol. The van der Waals surface area contributed by atoms with E-state index in [2.05, 4.69) is 10.1 Å². The second-order valence-corrected chi connectivity index (χ2v) is 13.8. The number of rotatable bonds is 7. The number of fused-ring (bicyclic) bond motifs is 2. The van der Waals surface area contributed by atoms with Gasteiger partial charge in [-0.05, 0) is 42.0 Å². The number of hydrogen-bond acceptors (Lipinski definition) is 7. The Morgan fingerprint density at radius 2 is 1.89 bits per heavy atom. The van der Waals surface area contributed by atoms with Gasteiger partial charge < -0.3 is 19.5 Å². The van der Waals surface area contributed by atoms with Crippen LogP contribution in [-0.2, 0) is 31.6 Å². The van der Waals surface area contributed by atoms with Crippen molar-refractivity contribution in [2.45, 2.75) is 41.9 Å². The number of para-hydroxylation sites is 1. The first kappa shape index (κ1) is 32.8. The number of carbonyl (C=O) groups excluding carboxylic acids is 2. The van der Waals surface area contributed by atoms with E-state index in [-0.39, 0.29) is 46.4 Å². The van der Waals surface area contributed by atoms with Gasteiger partial charge in [-0.2, -0.15) is 4.31 Å². The second kappa shape index (κ2) is 11.3. The summed E-state index contributed by atoms with van der Waals surface area (Å²) in [5, 5.41) is 2.61. The Morgan fingerprint density at radius 3 is 2.57 bits per heavy atom. The summed E-state index contributed by atoms with van der Waals surface area (Å²) >= 11 is 6.49. The topological polar surface area (TPSA) is 111 Å². The summed E-state index contributed by atoms with van der Waals surface area (Å²) in [5.74, 6) is -2.80. The van der Waals surface area contributed by atoms with Gasteiger partial charge in [-0.1, -0.05) is 23.7 Å². The van der Waals surface area contributed by atoms with Gasteiger partial charge >= 0.3 is 12.3 Å². The highest BCUT2D eigenvalue weighted by molar-refractivity contribution is 7.93. The van der Waals surface area contributed by atoms with Crippen molar-refractivity contribution < 1.29 is 54.3 Å². The van der Waals surface area contributed by atoms with E-state index in [1.54, 1.807) is 18.2 Å². The minimum Gasteiger partial charge on any atom is -0.497 e. The fourth-order valence-corrected chi connectivity index (χ4v) is 8.97. The van der Waals surface area contributed by atoms with Crippen LogP contribution in [0.4, 0.5) is 23.2 Å². The van der Waals surface area contributed by atoms with Crippen LogP contribution in [0.15, 0.2) is 59.5 Å². The summed E-state index contributed by atoms with van der Waals surface area (Å²) in [6.45, 7) is -0.169. The first-order chi connectivity index (χ1) is 22.1. The number of methoxy groups -OCH3 is 1. The highest BCUT2D eigenvalue weighted by atomic mass is 35.5. The Labute approximate surface area is 272 Å². The molecule has 0 bridgehead atoms. The van der Waals surface area contributed by atoms with Crippen LogP contribution in [0.5, 0.6) is 17.2 Å². The van der Waals surface area contributed by atoms with E-state index in [1.807, 2.05) is 0 Å². The number of amides is 2. The van der Waals surface area contributed by atoms with Crippen LogP contribution in [0.1, 0.15) is 23.1 Å². The van der Waals surface area contributed by atoms with Crippen molar-refractivity contribution in [1.82, 2.24) is 5.32 Å². The van der Waals surface area contributed by atoms with E-state index in [4.69, 9.17) is 21.1 Å². The quantitative estimate of drug-likeness (QED) is 0.287. The highest BCUT2D eigenvalue weighted by Crippen LogP contribution is 2.59. The number of ether oxygens (including phenoxy) is 3. The van der Waals surface area contributed by atoms with Gasteiger partial charge in [0.05, 0.1) is 37.6 Å². The normalized spacial score (nSPS) is 25.3. The molecule has 1 saturated heterocycles. The zero-order chi connectivity index (χ0) is 34.1. The van der Waals surface area contributed by atoms with Gasteiger partial charge in [0.2, 0.25) is 5.54 Å². The van der Waals surface area contributed by atoms with Crippen LogP contribution < -0.4 is 23.8 Å². The number of nitrogens with zero attached hydrogens (tertiary/aromatic N) is 2. The smallest absolute Gasteiger partial charge is 0.497 e. The standard InChI is InChI=1S/C31H28ClF4N3O7S/c1-37-28(40)24-14-19(33)16-39(24,2)30(21-6-4-5-17-11-12-45-27(17)21)22-13-18(32)7-9-23(22)38(29(30)41)47(42,43)26-10-8-20(44-3)15-25(26)46-31(34,35)36/h4-10,13,15,19,24H,11-12,14,16H2,1-3H3/p+1/t19-,24+,30?,39?/m1/s1. The van der Waals surface area contributed by atoms with Gasteiger partial charge in [0.15, 0.2) is 18.0 Å². The molecule has 47 heavy (non-hydrogen) atoms. The molecule has 10 nitrogen and oxygen atoms in total. The summed E-state index contributed by atoms with van der Waals surface area (Å²) in [7, 11) is -1.22. The van der Waals surface area contributed by atoms with Gasteiger partial charge in [-0.15, -0.1) is 13.2 Å². The minimum atomic E-state index is -5.31. The number of halogens is 5. The molecule has 6 rings (SSSR count). The van der Waals surface area contributed by atoms with Gasteiger partial charge in [-0.25, -0.2) is 12.8 Å². The average Bonchev–Trinajstić information content (AvgIpc) is 3.68. The summed E-state index contributed by atoms with van der Waals surface area (Å²) in [4.78, 5) is 27.8. The largest absolute Gasteiger partial charge is 0.573 e. The molecule has 3 aromatic rings. The number of hydrogen-bond donors (Lipinski definition) is 1. The molecule has 2 unspecified atom stereocenters. The molecule has 0 aliphatic carbocycles. The molecule has 1 fully saturated rings. The molecule has 3 aromatic carbocycles. The third-order valence-corrected chi connectivity index (χ3v) is 11.1. The Bertz CT molecular complexity index is 1910.